The Morgan fingerprint density at radius 1 is 1.47 bits per heavy atom. The van der Waals surface area contributed by atoms with E-state index in [-0.39, 0.29) is 6.61 Å². The Hall–Kier alpha value is -0.770. The van der Waals surface area contributed by atoms with Crippen LogP contribution in [0, 0.1) is 0 Å². The minimum atomic E-state index is 0.167. The van der Waals surface area contributed by atoms with Gasteiger partial charge in [0.15, 0.2) is 0 Å². The Morgan fingerprint density at radius 2 is 2.20 bits per heavy atom. The predicted molar refractivity (Wildman–Crippen MR) is 61.4 cm³/mol. The second-order valence-electron chi connectivity index (χ2n) is 3.43. The summed E-state index contributed by atoms with van der Waals surface area (Å²) in [6.07, 6.45) is 0. The van der Waals surface area contributed by atoms with Crippen LogP contribution in [-0.2, 0) is 6.54 Å². The van der Waals surface area contributed by atoms with Crippen LogP contribution in [0.25, 0.3) is 0 Å². The summed E-state index contributed by atoms with van der Waals surface area (Å²) >= 11 is 6.00. The summed E-state index contributed by atoms with van der Waals surface area (Å²) in [5.41, 5.74) is 1.11. The van der Waals surface area contributed by atoms with Crippen LogP contribution in [0.15, 0.2) is 18.2 Å². The van der Waals surface area contributed by atoms with Crippen LogP contribution < -0.4 is 4.74 Å². The summed E-state index contributed by atoms with van der Waals surface area (Å²) in [5, 5.41) is 9.38. The van der Waals surface area contributed by atoms with Gasteiger partial charge in [-0.3, -0.25) is 4.90 Å². The minimum Gasteiger partial charge on any atom is -0.495 e. The molecule has 0 bridgehead atoms. The molecule has 1 aromatic rings. The van der Waals surface area contributed by atoms with E-state index in [1.165, 1.54) is 0 Å². The number of benzene rings is 1. The summed E-state index contributed by atoms with van der Waals surface area (Å²) in [7, 11) is 3.55. The highest BCUT2D eigenvalue weighted by atomic mass is 35.5. The minimum absolute atomic E-state index is 0.167. The molecule has 0 aromatic heterocycles. The molecule has 84 valence electrons. The van der Waals surface area contributed by atoms with Crippen LogP contribution in [0.5, 0.6) is 5.75 Å². The Labute approximate surface area is 95.2 Å². The Kier molecular flexibility index (Phi) is 4.88. The van der Waals surface area contributed by atoms with Crippen molar-refractivity contribution in [3.63, 3.8) is 0 Å². The summed E-state index contributed by atoms with van der Waals surface area (Å²) in [6.45, 7) is 1.59. The van der Waals surface area contributed by atoms with E-state index in [4.69, 9.17) is 21.4 Å². The fourth-order valence-corrected chi connectivity index (χ4v) is 1.65. The van der Waals surface area contributed by atoms with Crippen molar-refractivity contribution in [1.29, 1.82) is 0 Å². The molecule has 4 heteroatoms. The lowest BCUT2D eigenvalue weighted by atomic mass is 10.2. The number of halogens is 1. The van der Waals surface area contributed by atoms with Crippen molar-refractivity contribution in [2.75, 3.05) is 27.3 Å². The normalized spacial score (nSPS) is 10.7. The van der Waals surface area contributed by atoms with Crippen LogP contribution in [0.3, 0.4) is 0 Å². The van der Waals surface area contributed by atoms with E-state index in [9.17, 15) is 0 Å². The van der Waals surface area contributed by atoms with Gasteiger partial charge in [0.2, 0.25) is 0 Å². The molecule has 0 spiro atoms. The molecule has 0 saturated carbocycles. The lowest BCUT2D eigenvalue weighted by Crippen LogP contribution is -2.21. The Bertz CT molecular complexity index is 317. The molecule has 0 saturated heterocycles. The van der Waals surface area contributed by atoms with Crippen molar-refractivity contribution in [1.82, 2.24) is 4.90 Å². The quantitative estimate of drug-likeness (QED) is 0.836. The zero-order valence-corrected chi connectivity index (χ0v) is 9.79. The Morgan fingerprint density at radius 3 is 2.73 bits per heavy atom. The summed E-state index contributed by atoms with van der Waals surface area (Å²) in [4.78, 5) is 2.03. The third-order valence-electron chi connectivity index (χ3n) is 2.15. The highest BCUT2D eigenvalue weighted by Crippen LogP contribution is 2.25. The highest BCUT2D eigenvalue weighted by Gasteiger charge is 2.04. The van der Waals surface area contributed by atoms with Gasteiger partial charge in [-0.05, 0) is 24.7 Å². The van der Waals surface area contributed by atoms with Crippen LogP contribution in [0.2, 0.25) is 5.02 Å². The first-order valence-electron chi connectivity index (χ1n) is 4.79. The molecule has 1 aromatic carbocycles. The van der Waals surface area contributed by atoms with Gasteiger partial charge in [-0.2, -0.15) is 0 Å². The fraction of sp³-hybridized carbons (Fsp3) is 0.455. The molecule has 0 atom stereocenters. The second kappa shape index (κ2) is 5.95. The molecule has 0 aliphatic carbocycles. The maximum atomic E-state index is 8.76. The van der Waals surface area contributed by atoms with Crippen LogP contribution in [0.1, 0.15) is 5.56 Å². The van der Waals surface area contributed by atoms with E-state index in [1.54, 1.807) is 7.11 Å². The van der Waals surface area contributed by atoms with Gasteiger partial charge < -0.3 is 9.84 Å². The zero-order valence-electron chi connectivity index (χ0n) is 9.03. The lowest BCUT2D eigenvalue weighted by Gasteiger charge is -2.15. The first-order valence-corrected chi connectivity index (χ1v) is 5.17. The maximum absolute atomic E-state index is 8.76. The Balaban J connectivity index is 2.66. The molecule has 15 heavy (non-hydrogen) atoms. The van der Waals surface area contributed by atoms with Crippen molar-refractivity contribution in [2.24, 2.45) is 0 Å². The molecule has 0 unspecified atom stereocenters. The fourth-order valence-electron chi connectivity index (χ4n) is 1.37. The number of nitrogens with zero attached hydrogens (tertiary/aromatic N) is 1. The zero-order chi connectivity index (χ0) is 11.3. The number of hydrogen-bond donors (Lipinski definition) is 1. The van der Waals surface area contributed by atoms with E-state index >= 15 is 0 Å². The lowest BCUT2D eigenvalue weighted by molar-refractivity contribution is 0.217. The molecule has 0 aliphatic rings. The number of aliphatic hydroxyl groups is 1. The summed E-state index contributed by atoms with van der Waals surface area (Å²) in [5.74, 6) is 0.685. The number of hydrogen-bond acceptors (Lipinski definition) is 3. The van der Waals surface area contributed by atoms with Crippen molar-refractivity contribution < 1.29 is 9.84 Å². The molecule has 1 rings (SSSR count). The summed E-state index contributed by atoms with van der Waals surface area (Å²) in [6, 6.07) is 5.71. The van der Waals surface area contributed by atoms with Crippen molar-refractivity contribution in [3.05, 3.63) is 28.8 Å². The number of ether oxygens (including phenoxy) is 1. The average Bonchev–Trinajstić information content (AvgIpc) is 2.18. The molecule has 1 N–H and O–H groups in total. The molecule has 3 nitrogen and oxygen atoms in total. The molecule has 0 aliphatic heterocycles. The van der Waals surface area contributed by atoms with E-state index in [0.717, 1.165) is 12.1 Å². The smallest absolute Gasteiger partial charge is 0.137 e. The van der Waals surface area contributed by atoms with Gasteiger partial charge in [0.1, 0.15) is 5.75 Å². The maximum Gasteiger partial charge on any atom is 0.137 e. The van der Waals surface area contributed by atoms with Crippen LogP contribution >= 0.6 is 11.6 Å². The van der Waals surface area contributed by atoms with Gasteiger partial charge in [-0.15, -0.1) is 0 Å². The third kappa shape index (κ3) is 3.70. The number of aliphatic hydroxyl groups excluding tert-OH is 1. The van der Waals surface area contributed by atoms with Gasteiger partial charge in [0, 0.05) is 13.1 Å². The molecule has 0 fully saturated rings. The van der Waals surface area contributed by atoms with E-state index in [2.05, 4.69) is 0 Å². The van der Waals surface area contributed by atoms with E-state index in [1.807, 2.05) is 30.1 Å². The van der Waals surface area contributed by atoms with Gasteiger partial charge in [0.25, 0.3) is 0 Å². The summed E-state index contributed by atoms with van der Waals surface area (Å²) < 4.78 is 5.07. The van der Waals surface area contributed by atoms with Gasteiger partial charge >= 0.3 is 0 Å². The van der Waals surface area contributed by atoms with Crippen molar-refractivity contribution in [3.8, 4) is 5.75 Å². The second-order valence-corrected chi connectivity index (χ2v) is 3.84. The topological polar surface area (TPSA) is 32.7 Å². The largest absolute Gasteiger partial charge is 0.495 e. The highest BCUT2D eigenvalue weighted by molar-refractivity contribution is 6.32. The van der Waals surface area contributed by atoms with Gasteiger partial charge in [-0.1, -0.05) is 17.7 Å². The monoisotopic (exact) mass is 229 g/mol. The van der Waals surface area contributed by atoms with Crippen molar-refractivity contribution in [2.45, 2.75) is 6.54 Å². The third-order valence-corrected chi connectivity index (χ3v) is 2.45. The molecular formula is C11H16ClNO2. The average molecular weight is 230 g/mol. The first kappa shape index (κ1) is 12.3. The molecule has 0 heterocycles. The van der Waals surface area contributed by atoms with Crippen LogP contribution in [-0.4, -0.2) is 37.3 Å². The number of rotatable bonds is 5. The van der Waals surface area contributed by atoms with Crippen molar-refractivity contribution >= 4 is 11.6 Å². The standard InChI is InChI=1S/C11H16ClNO2/c1-13(5-6-14)8-9-3-4-11(15-2)10(12)7-9/h3-4,7,14H,5-6,8H2,1-2H3. The molecular weight excluding hydrogens is 214 g/mol. The van der Waals surface area contributed by atoms with Gasteiger partial charge in [-0.25, -0.2) is 0 Å². The van der Waals surface area contributed by atoms with Gasteiger partial charge in [0.05, 0.1) is 18.7 Å². The first-order chi connectivity index (χ1) is 7.17. The van der Waals surface area contributed by atoms with E-state index in [0.29, 0.717) is 17.3 Å². The number of likely N-dealkylation sites (N-methyl/N-ethyl adjacent to an activating group) is 1. The predicted octanol–water partition coefficient (Wildman–Crippen LogP) is 1.77. The van der Waals surface area contributed by atoms with E-state index < -0.39 is 0 Å². The molecule has 0 amide bonds. The molecule has 0 radical (unpaired) electrons. The van der Waals surface area contributed by atoms with Crippen LogP contribution in [0.4, 0.5) is 0 Å². The SMILES string of the molecule is COc1ccc(CN(C)CCO)cc1Cl. The number of methoxy groups -OCH3 is 1.